The lowest BCUT2D eigenvalue weighted by Crippen LogP contribution is -2.13. The summed E-state index contributed by atoms with van der Waals surface area (Å²) in [6.07, 6.45) is 2.71. The van der Waals surface area contributed by atoms with Crippen LogP contribution in [0.15, 0.2) is 22.7 Å². The second-order valence-electron chi connectivity index (χ2n) is 4.98. The fraction of sp³-hybridized carbons (Fsp3) is 0.500. The maximum Gasteiger partial charge on any atom is 0.306 e. The van der Waals surface area contributed by atoms with Gasteiger partial charge >= 0.3 is 5.97 Å². The normalized spacial score (nSPS) is 16.2. The highest BCUT2D eigenvalue weighted by atomic mass is 79.9. The van der Waals surface area contributed by atoms with E-state index in [9.17, 15) is 9.18 Å². The quantitative estimate of drug-likeness (QED) is 0.723. The van der Waals surface area contributed by atoms with E-state index in [4.69, 9.17) is 4.74 Å². The van der Waals surface area contributed by atoms with Crippen molar-refractivity contribution in [3.05, 3.63) is 34.1 Å². The number of carbonyl (C=O) groups excluding carboxylic acids is 1. The van der Waals surface area contributed by atoms with E-state index >= 15 is 0 Å². The summed E-state index contributed by atoms with van der Waals surface area (Å²) >= 11 is 5.16. The second-order valence-corrected chi connectivity index (χ2v) is 6.82. The minimum Gasteiger partial charge on any atom is -0.469 e. The predicted molar refractivity (Wildman–Crippen MR) is 78.6 cm³/mol. The zero-order chi connectivity index (χ0) is 13.9. The molecule has 0 saturated heterocycles. The summed E-state index contributed by atoms with van der Waals surface area (Å²) in [7, 11) is 1.43. The third kappa shape index (κ3) is 4.21. The molecule has 0 heterocycles. The van der Waals surface area contributed by atoms with Gasteiger partial charge in [0.05, 0.1) is 13.5 Å². The molecule has 1 saturated carbocycles. The van der Waals surface area contributed by atoms with Gasteiger partial charge in [-0.25, -0.2) is 4.39 Å². The third-order valence-electron chi connectivity index (χ3n) is 3.39. The molecule has 1 aromatic rings. The van der Waals surface area contributed by atoms with Crippen LogP contribution in [0.5, 0.6) is 0 Å². The Morgan fingerprint density at radius 1 is 1.53 bits per heavy atom. The Bertz CT molecular complexity index is 475. The van der Waals surface area contributed by atoms with Crippen molar-refractivity contribution in [1.29, 1.82) is 0 Å². The zero-order valence-corrected chi connectivity index (χ0v) is 13.2. The van der Waals surface area contributed by atoms with Crippen LogP contribution < -0.4 is 0 Å². The number of rotatable bonds is 6. The molecule has 0 bridgehead atoms. The molecule has 19 heavy (non-hydrogen) atoms. The molecule has 0 aromatic heterocycles. The first-order valence-corrected chi connectivity index (χ1v) is 8.08. The van der Waals surface area contributed by atoms with Crippen molar-refractivity contribution in [3.63, 3.8) is 0 Å². The van der Waals surface area contributed by atoms with E-state index in [0.717, 1.165) is 34.4 Å². The van der Waals surface area contributed by atoms with E-state index in [0.29, 0.717) is 6.42 Å². The lowest BCUT2D eigenvalue weighted by Gasteiger charge is -2.13. The molecule has 0 aliphatic heterocycles. The first-order chi connectivity index (χ1) is 9.04. The number of benzene rings is 1. The number of esters is 1. The van der Waals surface area contributed by atoms with E-state index in [1.807, 2.05) is 0 Å². The van der Waals surface area contributed by atoms with Crippen LogP contribution >= 0.6 is 27.7 Å². The van der Waals surface area contributed by atoms with Crippen molar-refractivity contribution < 1.29 is 13.9 Å². The van der Waals surface area contributed by atoms with Gasteiger partial charge in [-0.1, -0.05) is 22.0 Å². The van der Waals surface area contributed by atoms with Gasteiger partial charge in [0.25, 0.3) is 0 Å². The van der Waals surface area contributed by atoms with E-state index in [-0.39, 0.29) is 17.2 Å². The fourth-order valence-corrected chi connectivity index (χ4v) is 4.02. The number of ether oxygens (including phenoxy) is 1. The van der Waals surface area contributed by atoms with Gasteiger partial charge in [-0.15, -0.1) is 0 Å². The average Bonchev–Trinajstić information content (AvgIpc) is 3.12. The average molecular weight is 347 g/mol. The first kappa shape index (κ1) is 14.9. The van der Waals surface area contributed by atoms with Crippen LogP contribution in [0.4, 0.5) is 4.39 Å². The van der Waals surface area contributed by atoms with Crippen LogP contribution in [-0.2, 0) is 15.3 Å². The van der Waals surface area contributed by atoms with Crippen molar-refractivity contribution in [2.24, 2.45) is 5.41 Å². The van der Waals surface area contributed by atoms with E-state index < -0.39 is 0 Å². The van der Waals surface area contributed by atoms with Crippen molar-refractivity contribution in [2.75, 3.05) is 12.9 Å². The minimum absolute atomic E-state index is 0.124. The highest BCUT2D eigenvalue weighted by Gasteiger charge is 2.44. The molecule has 0 atom stereocenters. The number of hydrogen-bond acceptors (Lipinski definition) is 3. The molecule has 0 amide bonds. The van der Waals surface area contributed by atoms with Gasteiger partial charge < -0.3 is 4.74 Å². The summed E-state index contributed by atoms with van der Waals surface area (Å²) in [6.45, 7) is 0. The molecule has 1 aromatic carbocycles. The number of carbonyl (C=O) groups is 1. The molecule has 0 unspecified atom stereocenters. The van der Waals surface area contributed by atoms with Crippen molar-refractivity contribution in [3.8, 4) is 0 Å². The summed E-state index contributed by atoms with van der Waals surface area (Å²) in [4.78, 5) is 11.3. The fourth-order valence-electron chi connectivity index (χ4n) is 1.94. The first-order valence-electron chi connectivity index (χ1n) is 6.13. The van der Waals surface area contributed by atoms with E-state index in [1.54, 1.807) is 17.8 Å². The molecule has 104 valence electrons. The molecular formula is C14H16BrFO2S. The van der Waals surface area contributed by atoms with Crippen LogP contribution in [0.3, 0.4) is 0 Å². The molecule has 0 spiro atoms. The van der Waals surface area contributed by atoms with Crippen molar-refractivity contribution in [1.82, 2.24) is 0 Å². The van der Waals surface area contributed by atoms with E-state index in [1.165, 1.54) is 19.2 Å². The van der Waals surface area contributed by atoms with Gasteiger partial charge in [0, 0.05) is 10.2 Å². The predicted octanol–water partition coefficient (Wildman–Crippen LogP) is 4.16. The Labute approximate surface area is 125 Å². The van der Waals surface area contributed by atoms with Crippen LogP contribution in [0.25, 0.3) is 0 Å². The summed E-state index contributed by atoms with van der Waals surface area (Å²) in [5.41, 5.74) is 1.23. The minimum atomic E-state index is -0.232. The highest BCUT2D eigenvalue weighted by Crippen LogP contribution is 2.51. The molecule has 2 nitrogen and oxygen atoms in total. The standard InChI is InChI=1S/C14H16BrFO2S/c1-18-13(17)7-14(4-5-14)9-19-8-10-2-3-11(16)6-12(10)15/h2-3,6H,4-5,7-9H2,1H3. The van der Waals surface area contributed by atoms with Gasteiger partial charge in [0.2, 0.25) is 0 Å². The topological polar surface area (TPSA) is 26.3 Å². The number of methoxy groups -OCH3 is 1. The molecule has 1 fully saturated rings. The lowest BCUT2D eigenvalue weighted by molar-refractivity contribution is -0.141. The maximum absolute atomic E-state index is 13.0. The van der Waals surface area contributed by atoms with E-state index in [2.05, 4.69) is 15.9 Å². The van der Waals surface area contributed by atoms with Gasteiger partial charge in [-0.05, 0) is 41.7 Å². The Morgan fingerprint density at radius 3 is 2.84 bits per heavy atom. The van der Waals surface area contributed by atoms with Crippen LogP contribution in [0, 0.1) is 11.2 Å². The Balaban J connectivity index is 1.82. The second kappa shape index (κ2) is 6.27. The molecule has 0 radical (unpaired) electrons. The smallest absolute Gasteiger partial charge is 0.306 e. The SMILES string of the molecule is COC(=O)CC1(CSCc2ccc(F)cc2Br)CC1. The summed E-state index contributed by atoms with van der Waals surface area (Å²) in [5.74, 6) is 1.42. The largest absolute Gasteiger partial charge is 0.469 e. The highest BCUT2D eigenvalue weighted by molar-refractivity contribution is 9.10. The lowest BCUT2D eigenvalue weighted by atomic mass is 10.1. The monoisotopic (exact) mass is 346 g/mol. The van der Waals surface area contributed by atoms with Crippen molar-refractivity contribution in [2.45, 2.75) is 25.0 Å². The maximum atomic E-state index is 13.0. The van der Waals surface area contributed by atoms with Gasteiger partial charge in [-0.2, -0.15) is 11.8 Å². The number of thioether (sulfide) groups is 1. The molecular weight excluding hydrogens is 331 g/mol. The van der Waals surface area contributed by atoms with Crippen LogP contribution in [-0.4, -0.2) is 18.8 Å². The number of hydrogen-bond donors (Lipinski definition) is 0. The van der Waals surface area contributed by atoms with Crippen LogP contribution in [0.1, 0.15) is 24.8 Å². The molecule has 5 heteroatoms. The summed E-state index contributed by atoms with van der Waals surface area (Å²) in [6, 6.07) is 4.76. The van der Waals surface area contributed by atoms with Gasteiger partial charge in [0.1, 0.15) is 5.82 Å². The van der Waals surface area contributed by atoms with Crippen LogP contribution in [0.2, 0.25) is 0 Å². The Kier molecular flexibility index (Phi) is 4.90. The summed E-state index contributed by atoms with van der Waals surface area (Å²) in [5, 5.41) is 0. The van der Waals surface area contributed by atoms with Gasteiger partial charge in [0.15, 0.2) is 0 Å². The molecule has 2 rings (SSSR count). The molecule has 1 aliphatic rings. The zero-order valence-electron chi connectivity index (χ0n) is 10.7. The molecule has 0 N–H and O–H groups in total. The van der Waals surface area contributed by atoms with Gasteiger partial charge in [-0.3, -0.25) is 4.79 Å². The Morgan fingerprint density at radius 2 is 2.26 bits per heavy atom. The third-order valence-corrected chi connectivity index (χ3v) is 5.45. The van der Waals surface area contributed by atoms with Crippen molar-refractivity contribution >= 4 is 33.7 Å². The Hall–Kier alpha value is -0.550. The summed E-state index contributed by atoms with van der Waals surface area (Å²) < 4.78 is 18.5. The molecule has 1 aliphatic carbocycles. The number of halogens is 2.